The number of amides is 1. The average molecular weight is 357 g/mol. The van der Waals surface area contributed by atoms with Crippen LogP contribution in [0.3, 0.4) is 0 Å². The van der Waals surface area contributed by atoms with Gasteiger partial charge in [-0.25, -0.2) is 5.01 Å². The van der Waals surface area contributed by atoms with E-state index >= 15 is 0 Å². The normalized spacial score (nSPS) is 20.8. The maximum Gasteiger partial charge on any atom is 0.246 e. The second kappa shape index (κ2) is 5.81. The number of carbonyl (C=O) groups is 2. The lowest BCUT2D eigenvalue weighted by Crippen LogP contribution is -2.52. The summed E-state index contributed by atoms with van der Waals surface area (Å²) in [6.07, 6.45) is 0. The highest BCUT2D eigenvalue weighted by Crippen LogP contribution is 2.47. The lowest BCUT2D eigenvalue weighted by Gasteiger charge is -2.35. The van der Waals surface area contributed by atoms with Crippen molar-refractivity contribution in [2.24, 2.45) is 10.8 Å². The first-order valence-electron chi connectivity index (χ1n) is 8.28. The van der Waals surface area contributed by atoms with Crippen LogP contribution in [0.5, 0.6) is 0 Å². The van der Waals surface area contributed by atoms with E-state index in [1.54, 1.807) is 48.5 Å². The third kappa shape index (κ3) is 2.10. The number of hydrogen-bond donors (Lipinski definition) is 2. The topological polar surface area (TPSA) is 112 Å². The molecule has 0 aliphatic carbocycles. The smallest absolute Gasteiger partial charge is 0.246 e. The Morgan fingerprint density at radius 1 is 1.19 bits per heavy atom. The molecule has 1 unspecified atom stereocenters. The summed E-state index contributed by atoms with van der Waals surface area (Å²) in [7, 11) is 0. The molecule has 4 rings (SSSR count). The maximum absolute atomic E-state index is 13.1. The van der Waals surface area contributed by atoms with Gasteiger partial charge in [0, 0.05) is 18.2 Å². The summed E-state index contributed by atoms with van der Waals surface area (Å²) >= 11 is 0. The number of nitrogens with two attached hydrogens (primary N) is 1. The molecule has 0 fully saturated rings. The summed E-state index contributed by atoms with van der Waals surface area (Å²) in [6, 6.07) is 17.9. The van der Waals surface area contributed by atoms with Gasteiger partial charge in [-0.1, -0.05) is 36.4 Å². The molecule has 2 aliphatic heterocycles. The predicted molar refractivity (Wildman–Crippen MR) is 101 cm³/mol. The maximum atomic E-state index is 13.1. The fourth-order valence-electron chi connectivity index (χ4n) is 3.63. The zero-order chi connectivity index (χ0) is 19.2. The van der Waals surface area contributed by atoms with Gasteiger partial charge in [0.25, 0.3) is 0 Å². The Balaban J connectivity index is 2.06. The fraction of sp³-hybridized carbons (Fsp3) is 0.100. The molecule has 0 radical (unpaired) electrons. The van der Waals surface area contributed by atoms with Crippen molar-refractivity contribution in [2.45, 2.75) is 12.3 Å². The Labute approximate surface area is 155 Å². The Bertz CT molecular complexity index is 1080. The number of Topliss-reactive ketones (excluding diaryl/α,β-unsaturated/α-hetero) is 1. The first-order valence-corrected chi connectivity index (χ1v) is 8.28. The third-order valence-electron chi connectivity index (χ3n) is 4.78. The number of fused-ring (bicyclic) bond motifs is 2. The van der Waals surface area contributed by atoms with Crippen molar-refractivity contribution in [3.8, 4) is 6.07 Å². The van der Waals surface area contributed by atoms with E-state index in [0.29, 0.717) is 16.9 Å². The molecule has 3 N–H and O–H groups in total. The molecule has 132 valence electrons. The number of hydrogen-bond acceptors (Lipinski definition) is 6. The van der Waals surface area contributed by atoms with Gasteiger partial charge in [0.2, 0.25) is 5.91 Å². The number of para-hydroxylation sites is 2. The number of nitrogens with zero attached hydrogens (tertiary/aromatic N) is 3. The van der Waals surface area contributed by atoms with Crippen molar-refractivity contribution in [1.29, 1.82) is 5.26 Å². The molecule has 7 heteroatoms. The van der Waals surface area contributed by atoms with Crippen LogP contribution in [0.4, 0.5) is 11.4 Å². The van der Waals surface area contributed by atoms with Crippen LogP contribution in [0.2, 0.25) is 0 Å². The van der Waals surface area contributed by atoms with E-state index in [0.717, 1.165) is 0 Å². The van der Waals surface area contributed by atoms with Crippen molar-refractivity contribution in [3.05, 3.63) is 71.6 Å². The van der Waals surface area contributed by atoms with Crippen LogP contribution in [0.1, 0.15) is 12.5 Å². The molecular formula is C20H15N5O2. The number of rotatable bonds is 2. The van der Waals surface area contributed by atoms with Crippen molar-refractivity contribution in [1.82, 2.24) is 0 Å². The molecule has 0 saturated carbocycles. The molecule has 2 aromatic rings. The minimum absolute atomic E-state index is 0.0144. The summed E-state index contributed by atoms with van der Waals surface area (Å²) in [5.74, 6) is -0.909. The van der Waals surface area contributed by atoms with Crippen LogP contribution in [-0.4, -0.2) is 17.4 Å². The standard InChI is InChI=1S/C20H15N5O2/c1-12(26)17-20(14-9-5-6-10-16(14)23-19(20)27)15(11-21)18(22)25(24-17)13-7-3-2-4-8-13/h2-10H,22H2,1H3,(H,23,27). The van der Waals surface area contributed by atoms with Crippen LogP contribution in [0.15, 0.2) is 71.1 Å². The number of anilines is 2. The highest BCUT2D eigenvalue weighted by Gasteiger charge is 2.58. The molecule has 1 spiro atoms. The van der Waals surface area contributed by atoms with E-state index in [1.807, 2.05) is 6.07 Å². The van der Waals surface area contributed by atoms with Gasteiger partial charge in [0.15, 0.2) is 11.2 Å². The van der Waals surface area contributed by atoms with Crippen LogP contribution in [0.25, 0.3) is 0 Å². The molecule has 2 aromatic carbocycles. The minimum Gasteiger partial charge on any atom is -0.383 e. The number of nitrogens with one attached hydrogen (secondary N) is 1. The Kier molecular flexibility index (Phi) is 3.56. The molecule has 7 nitrogen and oxygen atoms in total. The van der Waals surface area contributed by atoms with Gasteiger partial charge in [0.05, 0.1) is 11.3 Å². The van der Waals surface area contributed by atoms with Gasteiger partial charge < -0.3 is 11.1 Å². The van der Waals surface area contributed by atoms with E-state index in [-0.39, 0.29) is 17.1 Å². The zero-order valence-corrected chi connectivity index (χ0v) is 14.4. The summed E-state index contributed by atoms with van der Waals surface area (Å²) in [4.78, 5) is 25.6. The van der Waals surface area contributed by atoms with Crippen molar-refractivity contribution >= 4 is 28.8 Å². The Morgan fingerprint density at radius 3 is 2.52 bits per heavy atom. The van der Waals surface area contributed by atoms with Crippen LogP contribution < -0.4 is 16.1 Å². The summed E-state index contributed by atoms with van der Waals surface area (Å²) in [5, 5.41) is 18.4. The second-order valence-electron chi connectivity index (χ2n) is 6.27. The highest BCUT2D eigenvalue weighted by molar-refractivity contribution is 6.50. The average Bonchev–Trinajstić information content (AvgIpc) is 2.95. The summed E-state index contributed by atoms with van der Waals surface area (Å²) < 4.78 is 0. The Morgan fingerprint density at radius 2 is 1.85 bits per heavy atom. The van der Waals surface area contributed by atoms with Crippen LogP contribution in [-0.2, 0) is 15.0 Å². The first-order chi connectivity index (χ1) is 13.0. The largest absolute Gasteiger partial charge is 0.383 e. The van der Waals surface area contributed by atoms with Crippen molar-refractivity contribution in [2.75, 3.05) is 10.3 Å². The third-order valence-corrected chi connectivity index (χ3v) is 4.78. The number of ketones is 1. The molecule has 2 aliphatic rings. The lowest BCUT2D eigenvalue weighted by molar-refractivity contribution is -0.119. The SMILES string of the molecule is CC(=O)C1=NN(c2ccccc2)C(N)=C(C#N)C12C(=O)Nc1ccccc12. The Hall–Kier alpha value is -3.92. The van der Waals surface area contributed by atoms with Crippen molar-refractivity contribution < 1.29 is 9.59 Å². The van der Waals surface area contributed by atoms with Gasteiger partial charge in [0.1, 0.15) is 17.6 Å². The number of benzene rings is 2. The van der Waals surface area contributed by atoms with Gasteiger partial charge in [-0.15, -0.1) is 0 Å². The number of nitriles is 1. The molecule has 0 bridgehead atoms. The molecule has 2 heterocycles. The zero-order valence-electron chi connectivity index (χ0n) is 14.4. The number of hydrazone groups is 1. The fourth-order valence-corrected chi connectivity index (χ4v) is 3.63. The minimum atomic E-state index is -1.65. The summed E-state index contributed by atoms with van der Waals surface area (Å²) in [6.45, 7) is 1.33. The van der Waals surface area contributed by atoms with Gasteiger partial charge >= 0.3 is 0 Å². The quantitative estimate of drug-likeness (QED) is 0.854. The lowest BCUT2D eigenvalue weighted by atomic mass is 9.69. The summed E-state index contributed by atoms with van der Waals surface area (Å²) in [5.41, 5.74) is 6.19. The van der Waals surface area contributed by atoms with Crippen molar-refractivity contribution in [3.63, 3.8) is 0 Å². The van der Waals surface area contributed by atoms with Gasteiger partial charge in [-0.05, 0) is 18.2 Å². The molecule has 27 heavy (non-hydrogen) atoms. The first kappa shape index (κ1) is 16.5. The van der Waals surface area contributed by atoms with Crippen LogP contribution >= 0.6 is 0 Å². The monoisotopic (exact) mass is 357 g/mol. The van der Waals surface area contributed by atoms with Gasteiger partial charge in [-0.2, -0.15) is 10.4 Å². The molecular weight excluding hydrogens is 342 g/mol. The van der Waals surface area contributed by atoms with E-state index in [9.17, 15) is 14.9 Å². The number of carbonyl (C=O) groups excluding carboxylic acids is 2. The molecule has 0 saturated heterocycles. The van der Waals surface area contributed by atoms with E-state index in [1.165, 1.54) is 11.9 Å². The highest BCUT2D eigenvalue weighted by atomic mass is 16.2. The predicted octanol–water partition coefficient (Wildman–Crippen LogP) is 2.04. The molecule has 1 amide bonds. The van der Waals surface area contributed by atoms with E-state index < -0.39 is 17.1 Å². The van der Waals surface area contributed by atoms with Gasteiger partial charge in [-0.3, -0.25) is 9.59 Å². The molecule has 1 atom stereocenters. The van der Waals surface area contributed by atoms with Crippen LogP contribution in [0, 0.1) is 11.3 Å². The second-order valence-corrected chi connectivity index (χ2v) is 6.27. The molecule has 0 aromatic heterocycles. The van der Waals surface area contributed by atoms with E-state index in [4.69, 9.17) is 5.73 Å². The van der Waals surface area contributed by atoms with E-state index in [2.05, 4.69) is 16.5 Å².